The Balaban J connectivity index is 1.52. The minimum absolute atomic E-state index is 0.372. The first-order valence-electron chi connectivity index (χ1n) is 9.08. The van der Waals surface area contributed by atoms with E-state index >= 15 is 0 Å². The van der Waals surface area contributed by atoms with Crippen LogP contribution < -0.4 is 4.74 Å². The monoisotopic (exact) mass is 381 g/mol. The molecule has 27 heavy (non-hydrogen) atoms. The van der Waals surface area contributed by atoms with E-state index in [2.05, 4.69) is 46.2 Å². The summed E-state index contributed by atoms with van der Waals surface area (Å²) in [6.45, 7) is 3.80. The zero-order valence-corrected chi connectivity index (χ0v) is 16.4. The molecule has 0 amide bonds. The summed E-state index contributed by atoms with van der Waals surface area (Å²) >= 11 is 2.00. The van der Waals surface area contributed by atoms with Crippen LogP contribution in [0.2, 0.25) is 0 Å². The number of thioether (sulfide) groups is 1. The van der Waals surface area contributed by atoms with E-state index < -0.39 is 0 Å². The van der Waals surface area contributed by atoms with Crippen molar-refractivity contribution in [3.63, 3.8) is 0 Å². The molecular weight excluding hydrogens is 358 g/mol. The fraction of sp³-hybridized carbons (Fsp3) is 0.333. The Morgan fingerprint density at radius 2 is 2.07 bits per heavy atom. The SMILES string of the molecule is COc1cccc(-c2noc(CN3CCSCC3c3ccc(C)cc3)n2)c1. The largest absolute Gasteiger partial charge is 0.497 e. The first-order valence-corrected chi connectivity index (χ1v) is 10.2. The molecule has 5 nitrogen and oxygen atoms in total. The van der Waals surface area contributed by atoms with Crippen molar-refractivity contribution >= 4 is 11.8 Å². The van der Waals surface area contributed by atoms with Gasteiger partial charge in [-0.1, -0.05) is 47.1 Å². The molecule has 1 aliphatic rings. The van der Waals surface area contributed by atoms with Crippen molar-refractivity contribution < 1.29 is 9.26 Å². The van der Waals surface area contributed by atoms with E-state index in [0.717, 1.165) is 29.4 Å². The summed E-state index contributed by atoms with van der Waals surface area (Å²) in [5.74, 6) is 4.24. The molecule has 0 spiro atoms. The molecular formula is C21H23N3O2S. The molecule has 1 aliphatic heterocycles. The van der Waals surface area contributed by atoms with Crippen LogP contribution in [0, 0.1) is 6.92 Å². The molecule has 1 saturated heterocycles. The molecule has 2 aromatic carbocycles. The molecule has 1 aromatic heterocycles. The lowest BCUT2D eigenvalue weighted by atomic mass is 10.0. The average molecular weight is 382 g/mol. The van der Waals surface area contributed by atoms with Crippen molar-refractivity contribution in [3.8, 4) is 17.1 Å². The van der Waals surface area contributed by atoms with Gasteiger partial charge in [-0.3, -0.25) is 4.90 Å². The molecule has 1 unspecified atom stereocenters. The number of rotatable bonds is 5. The smallest absolute Gasteiger partial charge is 0.241 e. The zero-order chi connectivity index (χ0) is 18.6. The molecule has 0 aliphatic carbocycles. The Morgan fingerprint density at radius 1 is 1.22 bits per heavy atom. The Labute approximate surface area is 163 Å². The maximum absolute atomic E-state index is 5.55. The number of hydrogen-bond donors (Lipinski definition) is 0. The third-order valence-corrected chi connectivity index (χ3v) is 5.86. The summed E-state index contributed by atoms with van der Waals surface area (Å²) in [4.78, 5) is 7.04. The Kier molecular flexibility index (Phi) is 5.45. The fourth-order valence-electron chi connectivity index (χ4n) is 3.30. The molecule has 140 valence electrons. The van der Waals surface area contributed by atoms with Crippen molar-refractivity contribution in [1.82, 2.24) is 15.0 Å². The number of benzene rings is 2. The minimum Gasteiger partial charge on any atom is -0.497 e. The summed E-state index contributed by atoms with van der Waals surface area (Å²) in [6.07, 6.45) is 0. The molecule has 1 atom stereocenters. The molecule has 0 N–H and O–H groups in total. The summed E-state index contributed by atoms with van der Waals surface area (Å²) in [5.41, 5.74) is 3.53. The van der Waals surface area contributed by atoms with Crippen LogP contribution in [0.5, 0.6) is 5.75 Å². The van der Waals surface area contributed by atoms with E-state index in [9.17, 15) is 0 Å². The highest BCUT2D eigenvalue weighted by Crippen LogP contribution is 2.31. The predicted molar refractivity (Wildman–Crippen MR) is 108 cm³/mol. The second kappa shape index (κ2) is 8.15. The molecule has 1 fully saturated rings. The first-order chi connectivity index (χ1) is 13.2. The number of ether oxygens (including phenoxy) is 1. The number of methoxy groups -OCH3 is 1. The minimum atomic E-state index is 0.372. The fourth-order valence-corrected chi connectivity index (χ4v) is 4.45. The number of hydrogen-bond acceptors (Lipinski definition) is 6. The highest BCUT2D eigenvalue weighted by atomic mass is 32.2. The van der Waals surface area contributed by atoms with Gasteiger partial charge in [0, 0.05) is 29.7 Å². The van der Waals surface area contributed by atoms with Gasteiger partial charge < -0.3 is 9.26 Å². The molecule has 0 radical (unpaired) electrons. The number of nitrogens with zero attached hydrogens (tertiary/aromatic N) is 3. The summed E-state index contributed by atoms with van der Waals surface area (Å²) in [7, 11) is 1.65. The summed E-state index contributed by atoms with van der Waals surface area (Å²) in [5, 5.41) is 4.16. The Morgan fingerprint density at radius 3 is 2.89 bits per heavy atom. The van der Waals surface area contributed by atoms with E-state index in [4.69, 9.17) is 9.26 Å². The Hall–Kier alpha value is -2.31. The van der Waals surface area contributed by atoms with Gasteiger partial charge in [0.25, 0.3) is 0 Å². The Bertz CT molecular complexity index is 894. The molecule has 4 rings (SSSR count). The van der Waals surface area contributed by atoms with Crippen LogP contribution >= 0.6 is 11.8 Å². The van der Waals surface area contributed by atoms with E-state index in [1.165, 1.54) is 11.1 Å². The lowest BCUT2D eigenvalue weighted by Gasteiger charge is -2.34. The van der Waals surface area contributed by atoms with Crippen molar-refractivity contribution in [2.75, 3.05) is 25.2 Å². The van der Waals surface area contributed by atoms with Crippen LogP contribution in [-0.2, 0) is 6.54 Å². The first kappa shape index (κ1) is 18.1. The average Bonchev–Trinajstić information content (AvgIpc) is 3.18. The summed E-state index contributed by atoms with van der Waals surface area (Å²) < 4.78 is 10.8. The third-order valence-electron chi connectivity index (χ3n) is 4.84. The molecule has 3 aromatic rings. The van der Waals surface area contributed by atoms with Gasteiger partial charge in [-0.2, -0.15) is 16.7 Å². The van der Waals surface area contributed by atoms with Crippen molar-refractivity contribution in [2.45, 2.75) is 19.5 Å². The van der Waals surface area contributed by atoms with Crippen LogP contribution in [0.1, 0.15) is 23.1 Å². The molecule has 2 heterocycles. The highest BCUT2D eigenvalue weighted by molar-refractivity contribution is 7.99. The van der Waals surface area contributed by atoms with Gasteiger partial charge in [0.2, 0.25) is 11.7 Å². The van der Waals surface area contributed by atoms with Crippen molar-refractivity contribution in [3.05, 3.63) is 65.5 Å². The van der Waals surface area contributed by atoms with Gasteiger partial charge in [-0.05, 0) is 24.6 Å². The number of aromatic nitrogens is 2. The van der Waals surface area contributed by atoms with E-state index in [-0.39, 0.29) is 0 Å². The van der Waals surface area contributed by atoms with Crippen LogP contribution in [0.15, 0.2) is 53.1 Å². The van der Waals surface area contributed by atoms with Crippen LogP contribution in [0.3, 0.4) is 0 Å². The second-order valence-corrected chi connectivity index (χ2v) is 7.87. The normalized spacial score (nSPS) is 17.8. The third kappa shape index (κ3) is 4.17. The van der Waals surface area contributed by atoms with Crippen LogP contribution in [0.25, 0.3) is 11.4 Å². The van der Waals surface area contributed by atoms with Gasteiger partial charge in [-0.15, -0.1) is 0 Å². The maximum Gasteiger partial charge on any atom is 0.241 e. The lowest BCUT2D eigenvalue weighted by molar-refractivity contribution is 0.184. The van der Waals surface area contributed by atoms with Gasteiger partial charge >= 0.3 is 0 Å². The van der Waals surface area contributed by atoms with Crippen LogP contribution in [-0.4, -0.2) is 40.2 Å². The highest BCUT2D eigenvalue weighted by Gasteiger charge is 2.26. The van der Waals surface area contributed by atoms with Gasteiger partial charge in [0.15, 0.2) is 0 Å². The predicted octanol–water partition coefficient (Wildman–Crippen LogP) is 4.34. The number of aryl methyl sites for hydroxylation is 1. The lowest BCUT2D eigenvalue weighted by Crippen LogP contribution is -2.35. The van der Waals surface area contributed by atoms with Crippen molar-refractivity contribution in [2.24, 2.45) is 0 Å². The van der Waals surface area contributed by atoms with Crippen LogP contribution in [0.4, 0.5) is 0 Å². The second-order valence-electron chi connectivity index (χ2n) is 6.72. The van der Waals surface area contributed by atoms with Gasteiger partial charge in [-0.25, -0.2) is 0 Å². The van der Waals surface area contributed by atoms with E-state index in [1.54, 1.807) is 7.11 Å². The molecule has 0 saturated carbocycles. The van der Waals surface area contributed by atoms with E-state index in [1.807, 2.05) is 36.0 Å². The van der Waals surface area contributed by atoms with Gasteiger partial charge in [0.05, 0.1) is 13.7 Å². The van der Waals surface area contributed by atoms with Gasteiger partial charge in [0.1, 0.15) is 5.75 Å². The summed E-state index contributed by atoms with van der Waals surface area (Å²) in [6, 6.07) is 16.9. The standard InChI is InChI=1S/C21H23N3O2S/c1-15-6-8-16(9-7-15)19-14-27-11-10-24(19)13-20-22-21(23-26-20)17-4-3-5-18(12-17)25-2/h3-9,12,19H,10-11,13-14H2,1-2H3. The zero-order valence-electron chi connectivity index (χ0n) is 15.6. The van der Waals surface area contributed by atoms with E-state index in [0.29, 0.717) is 24.3 Å². The molecule has 6 heteroatoms. The molecule has 0 bridgehead atoms. The van der Waals surface area contributed by atoms with Crippen molar-refractivity contribution in [1.29, 1.82) is 0 Å². The maximum atomic E-state index is 5.55. The topological polar surface area (TPSA) is 51.4 Å². The quantitative estimate of drug-likeness (QED) is 0.655.